The number of aromatic nitrogens is 1. The van der Waals surface area contributed by atoms with Crippen molar-refractivity contribution < 1.29 is 14.4 Å². The van der Waals surface area contributed by atoms with Gasteiger partial charge in [0, 0.05) is 39.3 Å². The number of rotatable bonds is 5. The van der Waals surface area contributed by atoms with Crippen molar-refractivity contribution in [2.75, 3.05) is 26.7 Å². The zero-order valence-electron chi connectivity index (χ0n) is 13.3. The number of likely N-dealkylation sites (N-methyl/N-ethyl adjacent to an activating group) is 1. The van der Waals surface area contributed by atoms with E-state index >= 15 is 0 Å². The minimum Gasteiger partial charge on any atom is -0.354 e. The Balaban J connectivity index is 1.49. The average molecular weight is 318 g/mol. The summed E-state index contributed by atoms with van der Waals surface area (Å²) in [6.07, 6.45) is 4.12. The second-order valence-corrected chi connectivity index (χ2v) is 6.11. The van der Waals surface area contributed by atoms with E-state index in [2.05, 4.69) is 5.32 Å². The quantitative estimate of drug-likeness (QED) is 0.781. The predicted octanol–water partition coefficient (Wildman–Crippen LogP) is 0.0710. The molecule has 3 rings (SSSR count). The highest BCUT2D eigenvalue weighted by Gasteiger charge is 2.33. The van der Waals surface area contributed by atoms with Crippen molar-refractivity contribution in [2.45, 2.75) is 31.8 Å². The molecular formula is C16H22N4O3. The number of amides is 3. The SMILES string of the molecule is CN1C(=O)c2cccn2CC1C(=O)NCCCN1CCCC1=O. The summed E-state index contributed by atoms with van der Waals surface area (Å²) in [5.74, 6) is -0.0777. The Kier molecular flexibility index (Phi) is 4.36. The topological polar surface area (TPSA) is 74.7 Å². The third-order valence-corrected chi connectivity index (χ3v) is 4.58. The molecule has 2 aliphatic heterocycles. The van der Waals surface area contributed by atoms with Gasteiger partial charge in [0.1, 0.15) is 11.7 Å². The number of carbonyl (C=O) groups excluding carboxylic acids is 3. The van der Waals surface area contributed by atoms with Gasteiger partial charge in [-0.25, -0.2) is 0 Å². The zero-order valence-corrected chi connectivity index (χ0v) is 13.3. The van der Waals surface area contributed by atoms with Crippen LogP contribution >= 0.6 is 0 Å². The van der Waals surface area contributed by atoms with Crippen molar-refractivity contribution in [2.24, 2.45) is 0 Å². The molecule has 7 heteroatoms. The average Bonchev–Trinajstić information content (AvgIpc) is 3.16. The van der Waals surface area contributed by atoms with Crippen molar-refractivity contribution >= 4 is 17.7 Å². The van der Waals surface area contributed by atoms with E-state index in [1.165, 1.54) is 4.90 Å². The molecule has 2 aliphatic rings. The van der Waals surface area contributed by atoms with E-state index in [0.29, 0.717) is 31.7 Å². The van der Waals surface area contributed by atoms with Crippen LogP contribution in [0.4, 0.5) is 0 Å². The van der Waals surface area contributed by atoms with E-state index in [9.17, 15) is 14.4 Å². The van der Waals surface area contributed by atoms with Crippen LogP contribution in [0.25, 0.3) is 0 Å². The molecule has 1 saturated heterocycles. The Morgan fingerprint density at radius 3 is 2.96 bits per heavy atom. The number of hydrogen-bond acceptors (Lipinski definition) is 3. The molecule has 3 heterocycles. The number of nitrogens with zero attached hydrogens (tertiary/aromatic N) is 3. The monoisotopic (exact) mass is 318 g/mol. The van der Waals surface area contributed by atoms with E-state index in [1.807, 2.05) is 21.7 Å². The maximum Gasteiger partial charge on any atom is 0.270 e. The number of fused-ring (bicyclic) bond motifs is 1. The van der Waals surface area contributed by atoms with Gasteiger partial charge in [-0.3, -0.25) is 14.4 Å². The van der Waals surface area contributed by atoms with E-state index in [0.717, 1.165) is 19.4 Å². The van der Waals surface area contributed by atoms with Crippen molar-refractivity contribution in [1.82, 2.24) is 19.7 Å². The first-order chi connectivity index (χ1) is 11.1. The first kappa shape index (κ1) is 15.6. The molecular weight excluding hydrogens is 296 g/mol. The third-order valence-electron chi connectivity index (χ3n) is 4.58. The standard InChI is InChI=1S/C16H22N4O3/c1-18-13(11-20-9-2-5-12(20)16(18)23)15(22)17-7-4-10-19-8-3-6-14(19)21/h2,5,9,13H,3-4,6-8,10-11H2,1H3,(H,17,22). The molecule has 1 aromatic rings. The maximum atomic E-state index is 12.3. The van der Waals surface area contributed by atoms with Gasteiger partial charge in [0.05, 0.1) is 6.54 Å². The number of carbonyl (C=O) groups is 3. The molecule has 0 spiro atoms. The van der Waals surface area contributed by atoms with Crippen molar-refractivity contribution in [3.63, 3.8) is 0 Å². The summed E-state index contributed by atoms with van der Waals surface area (Å²) >= 11 is 0. The Morgan fingerprint density at radius 1 is 1.39 bits per heavy atom. The summed E-state index contributed by atoms with van der Waals surface area (Å²) < 4.78 is 1.81. The number of nitrogens with one attached hydrogen (secondary N) is 1. The smallest absolute Gasteiger partial charge is 0.270 e. The lowest BCUT2D eigenvalue weighted by Gasteiger charge is -2.32. The maximum absolute atomic E-state index is 12.3. The molecule has 1 N–H and O–H groups in total. The van der Waals surface area contributed by atoms with Gasteiger partial charge >= 0.3 is 0 Å². The highest BCUT2D eigenvalue weighted by atomic mass is 16.2. The van der Waals surface area contributed by atoms with Crippen LogP contribution in [0.1, 0.15) is 29.8 Å². The fraction of sp³-hybridized carbons (Fsp3) is 0.562. The molecule has 1 fully saturated rings. The van der Waals surface area contributed by atoms with Crippen LogP contribution in [0, 0.1) is 0 Å². The first-order valence-corrected chi connectivity index (χ1v) is 8.05. The molecule has 0 radical (unpaired) electrons. The molecule has 124 valence electrons. The minimum atomic E-state index is -0.490. The summed E-state index contributed by atoms with van der Waals surface area (Å²) in [7, 11) is 1.66. The van der Waals surface area contributed by atoms with Gasteiger partial charge in [-0.1, -0.05) is 0 Å². The van der Waals surface area contributed by atoms with Crippen LogP contribution in [0.3, 0.4) is 0 Å². The summed E-state index contributed by atoms with van der Waals surface area (Å²) in [6, 6.07) is 3.09. The molecule has 0 bridgehead atoms. The lowest BCUT2D eigenvalue weighted by molar-refractivity contribution is -0.127. The second-order valence-electron chi connectivity index (χ2n) is 6.11. The zero-order chi connectivity index (χ0) is 16.4. The normalized spacial score (nSPS) is 20.8. The Morgan fingerprint density at radius 2 is 2.22 bits per heavy atom. The van der Waals surface area contributed by atoms with E-state index in [1.54, 1.807) is 13.1 Å². The Bertz CT molecular complexity index is 625. The van der Waals surface area contributed by atoms with Crippen LogP contribution in [-0.4, -0.2) is 64.8 Å². The third kappa shape index (κ3) is 3.09. The number of likely N-dealkylation sites (tertiary alicyclic amines) is 1. The van der Waals surface area contributed by atoms with Gasteiger partial charge in [0.25, 0.3) is 5.91 Å². The largest absolute Gasteiger partial charge is 0.354 e. The van der Waals surface area contributed by atoms with E-state index < -0.39 is 6.04 Å². The lowest BCUT2D eigenvalue weighted by Crippen LogP contribution is -2.53. The molecule has 0 saturated carbocycles. The van der Waals surface area contributed by atoms with Gasteiger partial charge in [0.2, 0.25) is 11.8 Å². The van der Waals surface area contributed by atoms with Crippen molar-refractivity contribution in [1.29, 1.82) is 0 Å². The van der Waals surface area contributed by atoms with Crippen LogP contribution in [0.2, 0.25) is 0 Å². The summed E-state index contributed by atoms with van der Waals surface area (Å²) in [6.45, 7) is 2.49. The summed E-state index contributed by atoms with van der Waals surface area (Å²) in [5.41, 5.74) is 0.615. The molecule has 1 atom stereocenters. The molecule has 0 aliphatic carbocycles. The molecule has 1 aromatic heterocycles. The molecule has 0 aromatic carbocycles. The Hall–Kier alpha value is -2.31. The first-order valence-electron chi connectivity index (χ1n) is 8.05. The van der Waals surface area contributed by atoms with Crippen LogP contribution in [0.15, 0.2) is 18.3 Å². The van der Waals surface area contributed by atoms with Gasteiger partial charge in [-0.05, 0) is 25.0 Å². The van der Waals surface area contributed by atoms with Crippen LogP contribution in [-0.2, 0) is 16.1 Å². The summed E-state index contributed by atoms with van der Waals surface area (Å²) in [4.78, 5) is 39.4. The fourth-order valence-corrected chi connectivity index (χ4v) is 3.20. The van der Waals surface area contributed by atoms with Crippen molar-refractivity contribution in [3.8, 4) is 0 Å². The highest BCUT2D eigenvalue weighted by molar-refractivity contribution is 5.97. The second kappa shape index (κ2) is 6.44. The van der Waals surface area contributed by atoms with Gasteiger partial charge in [-0.2, -0.15) is 0 Å². The molecule has 1 unspecified atom stereocenters. The molecule has 3 amide bonds. The highest BCUT2D eigenvalue weighted by Crippen LogP contribution is 2.17. The summed E-state index contributed by atoms with van der Waals surface area (Å²) in [5, 5.41) is 2.88. The van der Waals surface area contributed by atoms with E-state index in [-0.39, 0.29) is 17.7 Å². The Labute approximate surface area is 135 Å². The van der Waals surface area contributed by atoms with Crippen LogP contribution < -0.4 is 5.32 Å². The van der Waals surface area contributed by atoms with Crippen molar-refractivity contribution in [3.05, 3.63) is 24.0 Å². The minimum absolute atomic E-state index is 0.135. The van der Waals surface area contributed by atoms with Gasteiger partial charge < -0.3 is 19.7 Å². The molecule has 23 heavy (non-hydrogen) atoms. The van der Waals surface area contributed by atoms with Gasteiger partial charge in [0.15, 0.2) is 0 Å². The predicted molar refractivity (Wildman–Crippen MR) is 83.8 cm³/mol. The van der Waals surface area contributed by atoms with E-state index in [4.69, 9.17) is 0 Å². The molecule has 7 nitrogen and oxygen atoms in total. The van der Waals surface area contributed by atoms with Gasteiger partial charge in [-0.15, -0.1) is 0 Å². The lowest BCUT2D eigenvalue weighted by atomic mass is 10.1. The number of hydrogen-bond donors (Lipinski definition) is 1. The van der Waals surface area contributed by atoms with Crippen LogP contribution in [0.5, 0.6) is 0 Å². The fourth-order valence-electron chi connectivity index (χ4n) is 3.20.